The van der Waals surface area contributed by atoms with Gasteiger partial charge in [-0.05, 0) is 23.8 Å². The van der Waals surface area contributed by atoms with Crippen LogP contribution in [0.5, 0.6) is 0 Å². The normalized spacial score (nSPS) is 13.8. The van der Waals surface area contributed by atoms with Crippen molar-refractivity contribution in [1.82, 2.24) is 0 Å². The van der Waals surface area contributed by atoms with Crippen molar-refractivity contribution in [2.24, 2.45) is 0 Å². The lowest BCUT2D eigenvalue weighted by Crippen LogP contribution is -2.09. The molecule has 2 rings (SSSR count). The van der Waals surface area contributed by atoms with Gasteiger partial charge in [-0.2, -0.15) is 13.2 Å². The van der Waals surface area contributed by atoms with Crippen LogP contribution < -0.4 is 0 Å². The molecule has 0 bridgehead atoms. The van der Waals surface area contributed by atoms with E-state index in [2.05, 4.69) is 4.42 Å². The fourth-order valence-corrected chi connectivity index (χ4v) is 1.51. The Morgan fingerprint density at radius 3 is 2.50 bits per heavy atom. The highest BCUT2D eigenvalue weighted by atomic mass is 19.4. The summed E-state index contributed by atoms with van der Waals surface area (Å²) in [5.41, 5.74) is -0.0341. The molecule has 0 amide bonds. The quantitative estimate of drug-likeness (QED) is 0.870. The number of furan rings is 1. The Morgan fingerprint density at radius 1 is 1.28 bits per heavy atom. The molecule has 1 aromatic carbocycles. The van der Waals surface area contributed by atoms with Crippen molar-refractivity contribution in [3.8, 4) is 0 Å². The van der Waals surface area contributed by atoms with Crippen LogP contribution >= 0.6 is 0 Å². The zero-order valence-corrected chi connectivity index (χ0v) is 8.73. The van der Waals surface area contributed by atoms with Crippen molar-refractivity contribution >= 4 is 16.9 Å². The minimum atomic E-state index is -4.61. The molecule has 0 aliphatic rings. The van der Waals surface area contributed by atoms with Gasteiger partial charge in [0.1, 0.15) is 5.58 Å². The molecule has 1 atom stereocenters. The summed E-state index contributed by atoms with van der Waals surface area (Å²) in [6.07, 6.45) is -6.39. The third-order valence-corrected chi connectivity index (χ3v) is 2.37. The maximum absolute atomic E-state index is 12.4. The first-order chi connectivity index (χ1) is 8.29. The Kier molecular flexibility index (Phi) is 2.78. The molecule has 1 unspecified atom stereocenters. The summed E-state index contributed by atoms with van der Waals surface area (Å²) in [6.45, 7) is 0. The number of carboxylic acid groups (broad SMARTS) is 1. The SMILES string of the molecule is O=C(O)C(O)c1ccc2oc(C(F)(F)F)cc2c1. The highest BCUT2D eigenvalue weighted by Gasteiger charge is 2.35. The van der Waals surface area contributed by atoms with Crippen LogP contribution in [-0.4, -0.2) is 16.2 Å². The summed E-state index contributed by atoms with van der Waals surface area (Å²) in [7, 11) is 0. The summed E-state index contributed by atoms with van der Waals surface area (Å²) in [5.74, 6) is -2.65. The number of hydrogen-bond acceptors (Lipinski definition) is 3. The Balaban J connectivity index is 2.49. The molecular formula is C11H7F3O4. The van der Waals surface area contributed by atoms with Crippen molar-refractivity contribution < 1.29 is 32.6 Å². The molecule has 2 N–H and O–H groups in total. The summed E-state index contributed by atoms with van der Waals surface area (Å²) >= 11 is 0. The maximum Gasteiger partial charge on any atom is 0.449 e. The molecule has 0 saturated heterocycles. The van der Waals surface area contributed by atoms with Crippen molar-refractivity contribution in [3.05, 3.63) is 35.6 Å². The molecule has 2 aromatic rings. The molecule has 0 aliphatic heterocycles. The van der Waals surface area contributed by atoms with Gasteiger partial charge in [-0.25, -0.2) is 4.79 Å². The largest absolute Gasteiger partial charge is 0.479 e. The number of carbonyl (C=O) groups is 1. The lowest BCUT2D eigenvalue weighted by Gasteiger charge is -2.04. The molecular weight excluding hydrogens is 253 g/mol. The second-order valence-corrected chi connectivity index (χ2v) is 3.65. The topological polar surface area (TPSA) is 70.7 Å². The molecule has 96 valence electrons. The van der Waals surface area contributed by atoms with E-state index in [9.17, 15) is 23.1 Å². The van der Waals surface area contributed by atoms with E-state index < -0.39 is 24.0 Å². The number of alkyl halides is 3. The molecule has 7 heteroatoms. The molecule has 0 saturated carbocycles. The molecule has 0 fully saturated rings. The number of aliphatic hydroxyl groups excluding tert-OH is 1. The van der Waals surface area contributed by atoms with Crippen molar-refractivity contribution in [1.29, 1.82) is 0 Å². The van der Waals surface area contributed by atoms with Crippen LogP contribution in [0.4, 0.5) is 13.2 Å². The Bertz CT molecular complexity index is 600. The number of benzene rings is 1. The highest BCUT2D eigenvalue weighted by Crippen LogP contribution is 2.34. The summed E-state index contributed by atoms with van der Waals surface area (Å²) in [4.78, 5) is 10.5. The Morgan fingerprint density at radius 2 is 1.94 bits per heavy atom. The smallest absolute Gasteiger partial charge is 0.449 e. The number of fused-ring (bicyclic) bond motifs is 1. The van der Waals surface area contributed by atoms with Crippen LogP contribution in [0.25, 0.3) is 11.0 Å². The standard InChI is InChI=1S/C11H7F3O4/c12-11(13,14)8-4-6-3-5(9(15)10(16)17)1-2-7(6)18-8/h1-4,9,15H,(H,16,17). The number of hydrogen-bond donors (Lipinski definition) is 2. The number of halogens is 3. The van der Waals surface area contributed by atoms with Crippen molar-refractivity contribution in [3.63, 3.8) is 0 Å². The van der Waals surface area contributed by atoms with E-state index in [4.69, 9.17) is 5.11 Å². The lowest BCUT2D eigenvalue weighted by atomic mass is 10.1. The fraction of sp³-hybridized carbons (Fsp3) is 0.182. The molecule has 0 spiro atoms. The second kappa shape index (κ2) is 4.02. The van der Waals surface area contributed by atoms with Crippen LogP contribution in [0.3, 0.4) is 0 Å². The predicted molar refractivity (Wildman–Crippen MR) is 53.8 cm³/mol. The van der Waals surface area contributed by atoms with Crippen LogP contribution in [0.1, 0.15) is 17.4 Å². The minimum Gasteiger partial charge on any atom is -0.479 e. The monoisotopic (exact) mass is 260 g/mol. The molecule has 1 aromatic heterocycles. The predicted octanol–water partition coefficient (Wildman–Crippen LogP) is 2.57. The number of aliphatic hydroxyl groups is 1. The van der Waals surface area contributed by atoms with Gasteiger partial charge in [-0.1, -0.05) is 6.07 Å². The maximum atomic E-state index is 12.4. The zero-order chi connectivity index (χ0) is 13.5. The van der Waals surface area contributed by atoms with Gasteiger partial charge in [0.15, 0.2) is 6.10 Å². The van der Waals surface area contributed by atoms with Crippen molar-refractivity contribution in [2.45, 2.75) is 12.3 Å². The van der Waals surface area contributed by atoms with E-state index in [1.54, 1.807) is 0 Å². The zero-order valence-electron chi connectivity index (χ0n) is 8.73. The van der Waals surface area contributed by atoms with Gasteiger partial charge < -0.3 is 14.6 Å². The molecule has 0 radical (unpaired) electrons. The first kappa shape index (κ1) is 12.4. The second-order valence-electron chi connectivity index (χ2n) is 3.65. The Labute approximate surface area is 98.2 Å². The summed E-state index contributed by atoms with van der Waals surface area (Å²) < 4.78 is 41.7. The first-order valence-corrected chi connectivity index (χ1v) is 4.80. The van der Waals surface area contributed by atoms with E-state index >= 15 is 0 Å². The third kappa shape index (κ3) is 2.17. The summed E-state index contributed by atoms with van der Waals surface area (Å²) in [5, 5.41) is 17.9. The third-order valence-electron chi connectivity index (χ3n) is 2.37. The van der Waals surface area contributed by atoms with Gasteiger partial charge in [0, 0.05) is 5.39 Å². The van der Waals surface area contributed by atoms with Gasteiger partial charge in [-0.3, -0.25) is 0 Å². The first-order valence-electron chi connectivity index (χ1n) is 4.80. The summed E-state index contributed by atoms with van der Waals surface area (Å²) in [6, 6.07) is 4.29. The van der Waals surface area contributed by atoms with E-state index in [0.717, 1.165) is 12.1 Å². The van der Waals surface area contributed by atoms with Crippen molar-refractivity contribution in [2.75, 3.05) is 0 Å². The van der Waals surface area contributed by atoms with Gasteiger partial charge in [0.25, 0.3) is 0 Å². The average molecular weight is 260 g/mol. The van der Waals surface area contributed by atoms with Gasteiger partial charge in [-0.15, -0.1) is 0 Å². The van der Waals surface area contributed by atoms with Gasteiger partial charge in [0.05, 0.1) is 0 Å². The molecule has 0 aliphatic carbocycles. The van der Waals surface area contributed by atoms with Gasteiger partial charge in [0.2, 0.25) is 5.76 Å². The minimum absolute atomic E-state index is 0.00970. The van der Waals surface area contributed by atoms with E-state index in [1.807, 2.05) is 0 Å². The highest BCUT2D eigenvalue weighted by molar-refractivity contribution is 5.81. The van der Waals surface area contributed by atoms with E-state index in [-0.39, 0.29) is 16.5 Å². The Hall–Kier alpha value is -2.02. The number of carboxylic acids is 1. The average Bonchev–Trinajstić information content (AvgIpc) is 2.69. The lowest BCUT2D eigenvalue weighted by molar-refractivity contribution is -0.152. The van der Waals surface area contributed by atoms with Gasteiger partial charge >= 0.3 is 12.1 Å². The molecule has 4 nitrogen and oxygen atoms in total. The van der Waals surface area contributed by atoms with Crippen LogP contribution in [0.15, 0.2) is 28.7 Å². The van der Waals surface area contributed by atoms with E-state index in [1.165, 1.54) is 12.1 Å². The number of aliphatic carboxylic acids is 1. The van der Waals surface area contributed by atoms with Crippen LogP contribution in [-0.2, 0) is 11.0 Å². The fourth-order valence-electron chi connectivity index (χ4n) is 1.51. The molecule has 18 heavy (non-hydrogen) atoms. The van der Waals surface area contributed by atoms with E-state index in [0.29, 0.717) is 0 Å². The van der Waals surface area contributed by atoms with Crippen LogP contribution in [0.2, 0.25) is 0 Å². The van der Waals surface area contributed by atoms with Crippen LogP contribution in [0, 0.1) is 0 Å². The number of rotatable bonds is 2. The molecule has 1 heterocycles.